The summed E-state index contributed by atoms with van der Waals surface area (Å²) in [4.78, 5) is 4.25. The molecule has 2 heterocycles. The van der Waals surface area contributed by atoms with Crippen molar-refractivity contribution in [1.29, 1.82) is 0 Å². The van der Waals surface area contributed by atoms with Crippen molar-refractivity contribution >= 4 is 11.5 Å². The van der Waals surface area contributed by atoms with Crippen LogP contribution in [0, 0.1) is 5.82 Å². The number of benzene rings is 2. The van der Waals surface area contributed by atoms with Gasteiger partial charge >= 0.3 is 0 Å². The quantitative estimate of drug-likeness (QED) is 0.583. The van der Waals surface area contributed by atoms with E-state index in [-0.39, 0.29) is 11.9 Å². The maximum atomic E-state index is 14.4. The maximum Gasteiger partial charge on any atom is 0.161 e. The largest absolute Gasteiger partial charge is 0.493 e. The highest BCUT2D eigenvalue weighted by Gasteiger charge is 2.17. The Kier molecular flexibility index (Phi) is 6.20. The van der Waals surface area contributed by atoms with Crippen molar-refractivity contribution in [1.82, 2.24) is 4.98 Å². The second-order valence-electron chi connectivity index (χ2n) is 7.14. The lowest BCUT2D eigenvalue weighted by Gasteiger charge is -2.23. The zero-order chi connectivity index (χ0) is 21.8. The van der Waals surface area contributed by atoms with Gasteiger partial charge in [-0.3, -0.25) is 0 Å². The van der Waals surface area contributed by atoms with Gasteiger partial charge in [0.25, 0.3) is 0 Å². The van der Waals surface area contributed by atoms with Crippen LogP contribution >= 0.6 is 0 Å². The summed E-state index contributed by atoms with van der Waals surface area (Å²) in [5.74, 6) is 0.926. The fraction of sp³-hybridized carbons (Fsp3) is 0.261. The number of halogens is 1. The van der Waals surface area contributed by atoms with E-state index >= 15 is 0 Å². The summed E-state index contributed by atoms with van der Waals surface area (Å²) in [6.45, 7) is 2.03. The van der Waals surface area contributed by atoms with Gasteiger partial charge in [-0.1, -0.05) is 6.07 Å². The molecule has 0 amide bonds. The van der Waals surface area contributed by atoms with E-state index in [4.69, 9.17) is 30.4 Å². The monoisotopic (exact) mass is 425 g/mol. The van der Waals surface area contributed by atoms with Crippen molar-refractivity contribution in [3.8, 4) is 33.8 Å². The van der Waals surface area contributed by atoms with E-state index in [1.54, 1.807) is 31.5 Å². The van der Waals surface area contributed by atoms with Crippen LogP contribution in [-0.4, -0.2) is 44.6 Å². The molecule has 0 bridgehead atoms. The van der Waals surface area contributed by atoms with Gasteiger partial charge in [-0.05, 0) is 42.0 Å². The normalized spacial score (nSPS) is 16.1. The van der Waals surface area contributed by atoms with Gasteiger partial charge in [0.15, 0.2) is 11.5 Å². The molecule has 0 saturated carbocycles. The number of nitrogens with zero attached hydrogens (tertiary/aromatic N) is 1. The molecule has 8 heteroatoms. The summed E-state index contributed by atoms with van der Waals surface area (Å²) in [5.41, 5.74) is 14.4. The van der Waals surface area contributed by atoms with Gasteiger partial charge in [-0.2, -0.15) is 0 Å². The Balaban J connectivity index is 1.60. The first kappa shape index (κ1) is 20.9. The summed E-state index contributed by atoms with van der Waals surface area (Å²) in [6.07, 6.45) is 1.52. The summed E-state index contributed by atoms with van der Waals surface area (Å²) < 4.78 is 36.8. The first-order valence-corrected chi connectivity index (χ1v) is 9.86. The van der Waals surface area contributed by atoms with Crippen LogP contribution in [0.2, 0.25) is 0 Å². The Bertz CT molecular complexity index is 1070. The van der Waals surface area contributed by atoms with Gasteiger partial charge in [-0.25, -0.2) is 9.37 Å². The molecule has 1 aromatic heterocycles. The van der Waals surface area contributed by atoms with Crippen LogP contribution < -0.4 is 20.9 Å². The lowest BCUT2D eigenvalue weighted by Crippen LogP contribution is -2.33. The smallest absolute Gasteiger partial charge is 0.161 e. The molecule has 4 N–H and O–H groups in total. The Labute approximate surface area is 179 Å². The molecule has 162 valence electrons. The molecule has 0 unspecified atom stereocenters. The first-order valence-electron chi connectivity index (χ1n) is 9.86. The molecule has 2 aromatic carbocycles. The molecular weight excluding hydrogens is 401 g/mol. The lowest BCUT2D eigenvalue weighted by atomic mass is 10.00. The summed E-state index contributed by atoms with van der Waals surface area (Å²) in [6, 6.07) is 11.8. The van der Waals surface area contributed by atoms with Crippen molar-refractivity contribution in [3.63, 3.8) is 0 Å². The molecular formula is C23H24FN3O4. The number of nitrogen functional groups attached to an aromatic ring is 2. The van der Waals surface area contributed by atoms with Crippen molar-refractivity contribution in [2.75, 3.05) is 45.0 Å². The molecule has 31 heavy (non-hydrogen) atoms. The molecule has 1 saturated heterocycles. The van der Waals surface area contributed by atoms with Gasteiger partial charge in [-0.15, -0.1) is 0 Å². The fourth-order valence-electron chi connectivity index (χ4n) is 3.38. The third-order valence-electron chi connectivity index (χ3n) is 5.01. The molecule has 1 fully saturated rings. The molecule has 0 radical (unpaired) electrons. The van der Waals surface area contributed by atoms with Crippen molar-refractivity contribution in [2.45, 2.75) is 6.10 Å². The number of pyridine rings is 1. The molecule has 0 aliphatic carbocycles. The van der Waals surface area contributed by atoms with Crippen molar-refractivity contribution in [3.05, 3.63) is 54.5 Å². The number of hydrogen-bond donors (Lipinski definition) is 2. The Morgan fingerprint density at radius 1 is 1.03 bits per heavy atom. The van der Waals surface area contributed by atoms with E-state index in [0.29, 0.717) is 54.7 Å². The minimum Gasteiger partial charge on any atom is -0.493 e. The van der Waals surface area contributed by atoms with Crippen molar-refractivity contribution in [2.24, 2.45) is 0 Å². The van der Waals surface area contributed by atoms with Gasteiger partial charge < -0.3 is 30.4 Å². The molecule has 1 atom stereocenters. The Hall–Kier alpha value is -3.36. The van der Waals surface area contributed by atoms with Gasteiger partial charge in [0, 0.05) is 28.6 Å². The zero-order valence-electron chi connectivity index (χ0n) is 17.1. The highest BCUT2D eigenvalue weighted by Crippen LogP contribution is 2.36. The van der Waals surface area contributed by atoms with Crippen LogP contribution in [-0.2, 0) is 9.47 Å². The average Bonchev–Trinajstić information content (AvgIpc) is 2.79. The van der Waals surface area contributed by atoms with Crippen LogP contribution in [0.3, 0.4) is 0 Å². The fourth-order valence-corrected chi connectivity index (χ4v) is 3.38. The van der Waals surface area contributed by atoms with E-state index in [1.165, 1.54) is 6.07 Å². The minimum absolute atomic E-state index is 0.114. The highest BCUT2D eigenvalue weighted by molar-refractivity contribution is 5.80. The third kappa shape index (κ3) is 4.70. The Morgan fingerprint density at radius 2 is 1.90 bits per heavy atom. The molecule has 1 aliphatic heterocycles. The number of aromatic nitrogens is 1. The van der Waals surface area contributed by atoms with Crippen molar-refractivity contribution < 1.29 is 23.3 Å². The van der Waals surface area contributed by atoms with E-state index < -0.39 is 5.82 Å². The number of anilines is 2. The highest BCUT2D eigenvalue weighted by atomic mass is 19.1. The lowest BCUT2D eigenvalue weighted by molar-refractivity contribution is -0.101. The van der Waals surface area contributed by atoms with E-state index in [2.05, 4.69) is 4.98 Å². The minimum atomic E-state index is -0.458. The second-order valence-corrected chi connectivity index (χ2v) is 7.14. The number of rotatable bonds is 6. The van der Waals surface area contributed by atoms with Crippen LogP contribution in [0.15, 0.2) is 48.7 Å². The molecule has 3 aromatic rings. The SMILES string of the molecule is COc1cc(-c2cnc(N)c(-c3ccc(N)cc3F)c2)ccc1OC[C@@H]1COCCO1. The summed E-state index contributed by atoms with van der Waals surface area (Å²) in [7, 11) is 1.57. The van der Waals surface area contributed by atoms with Gasteiger partial charge in [0.2, 0.25) is 0 Å². The van der Waals surface area contributed by atoms with E-state index in [0.717, 1.165) is 11.1 Å². The first-order chi connectivity index (χ1) is 15.0. The maximum absolute atomic E-state index is 14.4. The van der Waals surface area contributed by atoms with Gasteiger partial charge in [0.05, 0.1) is 26.9 Å². The van der Waals surface area contributed by atoms with Crippen LogP contribution in [0.5, 0.6) is 11.5 Å². The van der Waals surface area contributed by atoms with E-state index in [1.807, 2.05) is 18.2 Å². The number of nitrogens with two attached hydrogens (primary N) is 2. The average molecular weight is 425 g/mol. The topological polar surface area (TPSA) is 102 Å². The molecule has 0 spiro atoms. The number of methoxy groups -OCH3 is 1. The Morgan fingerprint density at radius 3 is 2.65 bits per heavy atom. The summed E-state index contributed by atoms with van der Waals surface area (Å²) >= 11 is 0. The summed E-state index contributed by atoms with van der Waals surface area (Å²) in [5, 5.41) is 0. The van der Waals surface area contributed by atoms with E-state index in [9.17, 15) is 4.39 Å². The third-order valence-corrected chi connectivity index (χ3v) is 5.01. The zero-order valence-corrected chi connectivity index (χ0v) is 17.1. The number of hydrogen-bond acceptors (Lipinski definition) is 7. The van der Waals surface area contributed by atoms with Crippen LogP contribution in [0.25, 0.3) is 22.3 Å². The van der Waals surface area contributed by atoms with Crippen LogP contribution in [0.4, 0.5) is 15.9 Å². The molecule has 1 aliphatic rings. The van der Waals surface area contributed by atoms with Crippen LogP contribution in [0.1, 0.15) is 0 Å². The number of ether oxygens (including phenoxy) is 4. The predicted molar refractivity (Wildman–Crippen MR) is 116 cm³/mol. The predicted octanol–water partition coefficient (Wildman–Crippen LogP) is 3.52. The van der Waals surface area contributed by atoms with Gasteiger partial charge in [0.1, 0.15) is 24.3 Å². The second kappa shape index (κ2) is 9.20. The molecule has 4 rings (SSSR count). The molecule has 7 nitrogen and oxygen atoms in total. The standard InChI is InChI=1S/C23H24FN3O4/c1-28-22-9-14(2-5-21(22)31-13-17-12-29-6-7-30-17)15-8-19(23(26)27-11-15)18-4-3-16(25)10-20(18)24/h2-5,8-11,17H,6-7,12-13,25H2,1H3,(H2,26,27)/t17-/m0/s1.